The van der Waals surface area contributed by atoms with E-state index in [0.717, 1.165) is 17.0 Å². The van der Waals surface area contributed by atoms with E-state index in [1.165, 1.54) is 12.3 Å². The second-order valence-corrected chi connectivity index (χ2v) is 3.81. The molecule has 0 aromatic carbocycles. The van der Waals surface area contributed by atoms with E-state index in [4.69, 9.17) is 0 Å². The maximum Gasteiger partial charge on any atom is 0.139 e. The van der Waals surface area contributed by atoms with Crippen LogP contribution in [0.2, 0.25) is 0 Å². The van der Waals surface area contributed by atoms with Gasteiger partial charge in [0.15, 0.2) is 0 Å². The number of fused-ring (bicyclic) bond motifs is 1. The predicted molar refractivity (Wildman–Crippen MR) is 54.0 cm³/mol. The highest BCUT2D eigenvalue weighted by Gasteiger charge is 2.11. The van der Waals surface area contributed by atoms with Crippen molar-refractivity contribution < 1.29 is 4.39 Å². The van der Waals surface area contributed by atoms with Crippen molar-refractivity contribution in [1.82, 2.24) is 9.38 Å². The summed E-state index contributed by atoms with van der Waals surface area (Å²) in [5, 5.41) is 0. The van der Waals surface area contributed by atoms with Crippen LogP contribution in [0.3, 0.4) is 0 Å². The van der Waals surface area contributed by atoms with Crippen LogP contribution >= 0.6 is 0 Å². The van der Waals surface area contributed by atoms with Gasteiger partial charge < -0.3 is 4.40 Å². The Balaban J connectivity index is 2.74. The van der Waals surface area contributed by atoms with Gasteiger partial charge in [-0.2, -0.15) is 0 Å². The smallest absolute Gasteiger partial charge is 0.139 e. The Kier molecular flexibility index (Phi) is 2.02. The third kappa shape index (κ3) is 1.29. The molecule has 0 radical (unpaired) electrons. The highest BCUT2D eigenvalue weighted by Crippen LogP contribution is 2.19. The Morgan fingerprint density at radius 3 is 2.71 bits per heavy atom. The van der Waals surface area contributed by atoms with Gasteiger partial charge in [-0.15, -0.1) is 0 Å². The number of aryl methyl sites for hydroxylation is 1. The maximum absolute atomic E-state index is 13.0. The number of nitrogens with zero attached hydrogens (tertiary/aromatic N) is 2. The molecule has 0 spiro atoms. The summed E-state index contributed by atoms with van der Waals surface area (Å²) in [6.07, 6.45) is 1.48. The van der Waals surface area contributed by atoms with E-state index >= 15 is 0 Å². The van der Waals surface area contributed by atoms with Crippen LogP contribution < -0.4 is 0 Å². The fourth-order valence-corrected chi connectivity index (χ4v) is 1.70. The van der Waals surface area contributed by atoms with Crippen molar-refractivity contribution in [3.8, 4) is 0 Å². The number of aromatic nitrogens is 2. The largest absolute Gasteiger partial charge is 0.301 e. The molecule has 0 atom stereocenters. The van der Waals surface area contributed by atoms with Gasteiger partial charge in [0, 0.05) is 11.9 Å². The Labute approximate surface area is 82.4 Å². The van der Waals surface area contributed by atoms with Crippen LogP contribution in [0.15, 0.2) is 18.3 Å². The standard InChI is InChI=1S/C11H13FN2/c1-7(2)11-8(3)14-6-9(12)4-5-10(14)13-11/h4-7H,1-3H3. The lowest BCUT2D eigenvalue weighted by atomic mass is 10.1. The molecule has 2 heterocycles. The predicted octanol–water partition coefficient (Wildman–Crippen LogP) is 2.91. The molecule has 2 rings (SSSR count). The van der Waals surface area contributed by atoms with Gasteiger partial charge in [-0.1, -0.05) is 13.8 Å². The minimum absolute atomic E-state index is 0.228. The normalized spacial score (nSPS) is 11.5. The average Bonchev–Trinajstić information content (AvgIpc) is 2.44. The van der Waals surface area contributed by atoms with Crippen LogP contribution in [0.4, 0.5) is 4.39 Å². The maximum atomic E-state index is 13.0. The number of hydrogen-bond donors (Lipinski definition) is 0. The molecule has 0 saturated heterocycles. The first-order chi connectivity index (χ1) is 6.59. The molecule has 0 unspecified atom stereocenters. The van der Waals surface area contributed by atoms with Crippen molar-refractivity contribution in [3.05, 3.63) is 35.5 Å². The topological polar surface area (TPSA) is 17.3 Å². The van der Waals surface area contributed by atoms with Crippen LogP contribution in [-0.2, 0) is 0 Å². The van der Waals surface area contributed by atoms with Crippen LogP contribution in [0.25, 0.3) is 5.65 Å². The number of halogens is 1. The lowest BCUT2D eigenvalue weighted by molar-refractivity contribution is 0.618. The molecule has 74 valence electrons. The van der Waals surface area contributed by atoms with Crippen molar-refractivity contribution in [2.75, 3.05) is 0 Å². The molecule has 0 bridgehead atoms. The van der Waals surface area contributed by atoms with Crippen LogP contribution in [0.1, 0.15) is 31.2 Å². The van der Waals surface area contributed by atoms with E-state index in [1.807, 2.05) is 6.92 Å². The van der Waals surface area contributed by atoms with Gasteiger partial charge in [-0.05, 0) is 25.0 Å². The van der Waals surface area contributed by atoms with Gasteiger partial charge in [0.1, 0.15) is 11.5 Å². The highest BCUT2D eigenvalue weighted by atomic mass is 19.1. The van der Waals surface area contributed by atoms with Gasteiger partial charge in [-0.25, -0.2) is 9.37 Å². The zero-order valence-corrected chi connectivity index (χ0v) is 8.58. The molecule has 2 nitrogen and oxygen atoms in total. The van der Waals surface area contributed by atoms with Crippen LogP contribution in [0, 0.1) is 12.7 Å². The van der Waals surface area contributed by atoms with Gasteiger partial charge in [0.25, 0.3) is 0 Å². The summed E-state index contributed by atoms with van der Waals surface area (Å²) in [7, 11) is 0. The van der Waals surface area contributed by atoms with Gasteiger partial charge in [-0.3, -0.25) is 0 Å². The van der Waals surface area contributed by atoms with Gasteiger partial charge in [0.2, 0.25) is 0 Å². The van der Waals surface area contributed by atoms with E-state index in [2.05, 4.69) is 18.8 Å². The van der Waals surface area contributed by atoms with Crippen molar-refractivity contribution >= 4 is 5.65 Å². The second-order valence-electron chi connectivity index (χ2n) is 3.81. The molecular weight excluding hydrogens is 179 g/mol. The minimum atomic E-state index is -0.228. The summed E-state index contributed by atoms with van der Waals surface area (Å²) >= 11 is 0. The van der Waals surface area contributed by atoms with E-state index in [9.17, 15) is 4.39 Å². The zero-order chi connectivity index (χ0) is 10.3. The molecule has 3 heteroatoms. The Morgan fingerprint density at radius 1 is 1.36 bits per heavy atom. The van der Waals surface area contributed by atoms with Crippen molar-refractivity contribution in [2.24, 2.45) is 0 Å². The molecule has 0 aliphatic carbocycles. The second kappa shape index (κ2) is 3.08. The van der Waals surface area contributed by atoms with Crippen molar-refractivity contribution in [3.63, 3.8) is 0 Å². The Hall–Kier alpha value is -1.38. The summed E-state index contributed by atoms with van der Waals surface area (Å²) in [6, 6.07) is 3.14. The monoisotopic (exact) mass is 192 g/mol. The molecule has 0 amide bonds. The quantitative estimate of drug-likeness (QED) is 0.679. The molecule has 14 heavy (non-hydrogen) atoms. The molecule has 2 aromatic rings. The van der Waals surface area contributed by atoms with Gasteiger partial charge >= 0.3 is 0 Å². The van der Waals surface area contributed by atoms with E-state index in [-0.39, 0.29) is 5.82 Å². The highest BCUT2D eigenvalue weighted by molar-refractivity contribution is 5.43. The first-order valence-electron chi connectivity index (χ1n) is 4.73. The molecule has 0 saturated carbocycles. The molecule has 0 aliphatic rings. The Bertz CT molecular complexity index is 471. The first-order valence-corrected chi connectivity index (χ1v) is 4.73. The molecule has 0 fully saturated rings. The zero-order valence-electron chi connectivity index (χ0n) is 8.58. The molecule has 0 aliphatic heterocycles. The number of hydrogen-bond acceptors (Lipinski definition) is 1. The summed E-state index contributed by atoms with van der Waals surface area (Å²) in [4.78, 5) is 4.45. The third-order valence-corrected chi connectivity index (χ3v) is 2.40. The minimum Gasteiger partial charge on any atom is -0.301 e. The lowest BCUT2D eigenvalue weighted by Gasteiger charge is -2.01. The average molecular weight is 192 g/mol. The number of rotatable bonds is 1. The molecule has 2 aromatic heterocycles. The Morgan fingerprint density at radius 2 is 2.07 bits per heavy atom. The molecular formula is C11H13FN2. The fraction of sp³-hybridized carbons (Fsp3) is 0.364. The molecule has 0 N–H and O–H groups in total. The summed E-state index contributed by atoms with van der Waals surface area (Å²) in [5.74, 6) is 0.145. The summed E-state index contributed by atoms with van der Waals surface area (Å²) < 4.78 is 14.8. The summed E-state index contributed by atoms with van der Waals surface area (Å²) in [6.45, 7) is 6.14. The lowest BCUT2D eigenvalue weighted by Crippen LogP contribution is -1.92. The number of pyridine rings is 1. The summed E-state index contributed by atoms with van der Waals surface area (Å²) in [5.41, 5.74) is 2.87. The third-order valence-electron chi connectivity index (χ3n) is 2.40. The van der Waals surface area contributed by atoms with E-state index in [1.54, 1.807) is 10.5 Å². The van der Waals surface area contributed by atoms with E-state index in [0.29, 0.717) is 5.92 Å². The van der Waals surface area contributed by atoms with Crippen LogP contribution in [0.5, 0.6) is 0 Å². The van der Waals surface area contributed by atoms with Crippen LogP contribution in [-0.4, -0.2) is 9.38 Å². The van der Waals surface area contributed by atoms with Crippen molar-refractivity contribution in [2.45, 2.75) is 26.7 Å². The number of imidazole rings is 1. The van der Waals surface area contributed by atoms with E-state index < -0.39 is 0 Å². The van der Waals surface area contributed by atoms with Crippen molar-refractivity contribution in [1.29, 1.82) is 0 Å². The fourth-order valence-electron chi connectivity index (χ4n) is 1.70. The van der Waals surface area contributed by atoms with Gasteiger partial charge in [0.05, 0.1) is 5.69 Å². The first kappa shape index (κ1) is 9.19. The SMILES string of the molecule is Cc1c(C(C)C)nc2ccc(F)cn12.